The highest BCUT2D eigenvalue weighted by Gasteiger charge is 2.25. The fraction of sp³-hybridized carbons (Fsp3) is 0.533. The van der Waals surface area contributed by atoms with Crippen molar-refractivity contribution in [2.45, 2.75) is 25.4 Å². The van der Waals surface area contributed by atoms with E-state index in [2.05, 4.69) is 17.6 Å². The van der Waals surface area contributed by atoms with Crippen molar-refractivity contribution in [3.8, 4) is 0 Å². The number of hydrogen-bond acceptors (Lipinski definition) is 3. The summed E-state index contributed by atoms with van der Waals surface area (Å²) in [5.41, 5.74) is 1.18. The Morgan fingerprint density at radius 3 is 2.70 bits per heavy atom. The van der Waals surface area contributed by atoms with E-state index >= 15 is 0 Å². The average Bonchev–Trinajstić information content (AvgIpc) is 2.83. The van der Waals surface area contributed by atoms with Gasteiger partial charge in [0.05, 0.1) is 6.10 Å². The van der Waals surface area contributed by atoms with E-state index in [1.54, 1.807) is 0 Å². The van der Waals surface area contributed by atoms with Crippen LogP contribution < -0.4 is 10.6 Å². The molecule has 0 bridgehead atoms. The molecular weight excluding hydrogens is 276 g/mol. The number of carbonyl (C=O) groups is 1. The fourth-order valence-electron chi connectivity index (χ4n) is 2.42. The van der Waals surface area contributed by atoms with Gasteiger partial charge in [0.15, 0.2) is 0 Å². The lowest BCUT2D eigenvalue weighted by molar-refractivity contribution is -0.121. The number of benzene rings is 1. The molecule has 1 aliphatic rings. The van der Waals surface area contributed by atoms with Gasteiger partial charge in [-0.2, -0.15) is 0 Å². The van der Waals surface area contributed by atoms with Crippen molar-refractivity contribution in [1.29, 1.82) is 0 Å². The predicted octanol–water partition coefficient (Wildman–Crippen LogP) is 1.30. The summed E-state index contributed by atoms with van der Waals surface area (Å²) in [6.07, 6.45) is 0.145. The van der Waals surface area contributed by atoms with Crippen molar-refractivity contribution in [3.63, 3.8) is 0 Å². The van der Waals surface area contributed by atoms with Crippen LogP contribution in [0.25, 0.3) is 0 Å². The number of nitrogens with one attached hydrogen (secondary N) is 2. The minimum absolute atomic E-state index is 0. The van der Waals surface area contributed by atoms with E-state index in [0.717, 1.165) is 6.54 Å². The van der Waals surface area contributed by atoms with Crippen LogP contribution in [0.2, 0.25) is 0 Å². The van der Waals surface area contributed by atoms with Gasteiger partial charge in [-0.25, -0.2) is 0 Å². The second-order valence-electron chi connectivity index (χ2n) is 5.31. The molecule has 1 fully saturated rings. The number of halogens is 1. The van der Waals surface area contributed by atoms with E-state index in [1.807, 2.05) is 30.3 Å². The summed E-state index contributed by atoms with van der Waals surface area (Å²) in [5.74, 6) is 0.402. The monoisotopic (exact) mass is 298 g/mol. The Kier molecular flexibility index (Phi) is 6.99. The first-order valence-corrected chi connectivity index (χ1v) is 6.87. The van der Waals surface area contributed by atoms with Gasteiger partial charge in [-0.15, -0.1) is 12.4 Å². The largest absolute Gasteiger partial charge is 0.391 e. The summed E-state index contributed by atoms with van der Waals surface area (Å²) < 4.78 is 0. The van der Waals surface area contributed by atoms with Crippen molar-refractivity contribution in [1.82, 2.24) is 10.6 Å². The first kappa shape index (κ1) is 17.0. The third-order valence-electron chi connectivity index (χ3n) is 3.73. The standard InChI is InChI=1S/C15H22N2O2.ClH/c1-11(12-5-3-2-4-6-12)7-15(19)17-9-13-8-16-10-14(13)18;/h2-6,11,13-14,16,18H,7-10H2,1H3,(H,17,19);1H. The van der Waals surface area contributed by atoms with Gasteiger partial charge < -0.3 is 15.7 Å². The number of rotatable bonds is 5. The molecule has 1 amide bonds. The van der Waals surface area contributed by atoms with Crippen LogP contribution >= 0.6 is 12.4 Å². The maximum Gasteiger partial charge on any atom is 0.220 e. The van der Waals surface area contributed by atoms with Crippen molar-refractivity contribution >= 4 is 18.3 Å². The summed E-state index contributed by atoms with van der Waals surface area (Å²) in [6.45, 7) is 4.01. The van der Waals surface area contributed by atoms with Crippen LogP contribution in [0.1, 0.15) is 24.8 Å². The summed E-state index contributed by atoms with van der Waals surface area (Å²) in [4.78, 5) is 11.9. The lowest BCUT2D eigenvalue weighted by atomic mass is 9.97. The molecule has 0 aliphatic carbocycles. The Bertz CT molecular complexity index is 414. The molecule has 1 saturated heterocycles. The highest BCUT2D eigenvalue weighted by molar-refractivity contribution is 5.85. The van der Waals surface area contributed by atoms with Gasteiger partial charge in [-0.3, -0.25) is 4.79 Å². The summed E-state index contributed by atoms with van der Waals surface area (Å²) in [6, 6.07) is 10.0. The zero-order valence-corrected chi connectivity index (χ0v) is 12.5. The van der Waals surface area contributed by atoms with Gasteiger partial charge >= 0.3 is 0 Å². The molecule has 0 spiro atoms. The first-order chi connectivity index (χ1) is 9.16. The molecule has 2 rings (SSSR count). The second-order valence-corrected chi connectivity index (χ2v) is 5.31. The predicted molar refractivity (Wildman–Crippen MR) is 82.1 cm³/mol. The zero-order chi connectivity index (χ0) is 13.7. The van der Waals surface area contributed by atoms with Crippen LogP contribution in [-0.4, -0.2) is 36.8 Å². The van der Waals surface area contributed by atoms with E-state index in [1.165, 1.54) is 5.56 Å². The van der Waals surface area contributed by atoms with Crippen LogP contribution in [0.4, 0.5) is 0 Å². The topological polar surface area (TPSA) is 61.4 Å². The van der Waals surface area contributed by atoms with E-state index in [4.69, 9.17) is 0 Å². The van der Waals surface area contributed by atoms with Crippen LogP contribution in [0.5, 0.6) is 0 Å². The van der Waals surface area contributed by atoms with E-state index in [-0.39, 0.29) is 36.3 Å². The summed E-state index contributed by atoms with van der Waals surface area (Å²) in [5, 5.41) is 15.7. The van der Waals surface area contributed by atoms with Crippen LogP contribution in [0, 0.1) is 5.92 Å². The highest BCUT2D eigenvalue weighted by Crippen LogP contribution is 2.18. The minimum atomic E-state index is -0.341. The molecule has 1 aromatic carbocycles. The van der Waals surface area contributed by atoms with Gasteiger partial charge in [0.1, 0.15) is 0 Å². The van der Waals surface area contributed by atoms with Gasteiger partial charge in [0, 0.05) is 32.0 Å². The van der Waals surface area contributed by atoms with Crippen LogP contribution in [-0.2, 0) is 4.79 Å². The Hall–Kier alpha value is -1.10. The molecule has 4 nitrogen and oxygen atoms in total. The van der Waals surface area contributed by atoms with Crippen molar-refractivity contribution in [2.24, 2.45) is 5.92 Å². The highest BCUT2D eigenvalue weighted by atomic mass is 35.5. The summed E-state index contributed by atoms with van der Waals surface area (Å²) in [7, 11) is 0. The molecule has 3 N–H and O–H groups in total. The maximum absolute atomic E-state index is 11.9. The minimum Gasteiger partial charge on any atom is -0.391 e. The fourth-order valence-corrected chi connectivity index (χ4v) is 2.42. The molecule has 5 heteroatoms. The van der Waals surface area contributed by atoms with Gasteiger partial charge in [0.2, 0.25) is 5.91 Å². The summed E-state index contributed by atoms with van der Waals surface area (Å²) >= 11 is 0. The van der Waals surface area contributed by atoms with E-state index in [9.17, 15) is 9.90 Å². The van der Waals surface area contributed by atoms with Crippen molar-refractivity contribution < 1.29 is 9.90 Å². The van der Waals surface area contributed by atoms with Crippen molar-refractivity contribution in [3.05, 3.63) is 35.9 Å². The zero-order valence-electron chi connectivity index (χ0n) is 11.7. The molecule has 20 heavy (non-hydrogen) atoms. The quantitative estimate of drug-likeness (QED) is 0.768. The molecular formula is C15H23ClN2O2. The molecule has 3 unspecified atom stereocenters. The number of β-amino-alcohol motifs (C(OH)–C–C–N with tert-alkyl or cyclic N) is 1. The van der Waals surface area contributed by atoms with Gasteiger partial charge in [0.25, 0.3) is 0 Å². The molecule has 0 radical (unpaired) electrons. The third-order valence-corrected chi connectivity index (χ3v) is 3.73. The second kappa shape index (κ2) is 8.25. The SMILES string of the molecule is CC(CC(=O)NCC1CNCC1O)c1ccccc1.Cl. The van der Waals surface area contributed by atoms with E-state index in [0.29, 0.717) is 19.5 Å². The number of aliphatic hydroxyl groups excluding tert-OH is 1. The Balaban J connectivity index is 0.00000200. The van der Waals surface area contributed by atoms with Crippen molar-refractivity contribution in [2.75, 3.05) is 19.6 Å². The molecule has 1 aromatic rings. The smallest absolute Gasteiger partial charge is 0.220 e. The van der Waals surface area contributed by atoms with Gasteiger partial charge in [-0.05, 0) is 11.5 Å². The first-order valence-electron chi connectivity index (χ1n) is 6.87. The number of aliphatic hydroxyl groups is 1. The molecule has 1 heterocycles. The average molecular weight is 299 g/mol. The lowest BCUT2D eigenvalue weighted by Crippen LogP contribution is -2.34. The number of hydrogen-bond donors (Lipinski definition) is 3. The normalized spacial score (nSPS) is 22.9. The number of carbonyl (C=O) groups excluding carboxylic acids is 1. The lowest BCUT2D eigenvalue weighted by Gasteiger charge is -2.16. The Morgan fingerprint density at radius 1 is 1.40 bits per heavy atom. The van der Waals surface area contributed by atoms with Crippen LogP contribution in [0.15, 0.2) is 30.3 Å². The Labute approximate surface area is 126 Å². The maximum atomic E-state index is 11.9. The number of amides is 1. The van der Waals surface area contributed by atoms with Gasteiger partial charge in [-0.1, -0.05) is 37.3 Å². The molecule has 3 atom stereocenters. The molecule has 1 aliphatic heterocycles. The van der Waals surface area contributed by atoms with Crippen LogP contribution in [0.3, 0.4) is 0 Å². The third kappa shape index (κ3) is 4.78. The molecule has 0 aromatic heterocycles. The Morgan fingerprint density at radius 2 is 2.10 bits per heavy atom. The molecule has 112 valence electrons. The molecule has 0 saturated carbocycles. The van der Waals surface area contributed by atoms with E-state index < -0.39 is 0 Å².